The number of nitrogens with one attached hydrogen (secondary N) is 1. The zero-order valence-electron chi connectivity index (χ0n) is 10.1. The summed E-state index contributed by atoms with van der Waals surface area (Å²) in [6, 6.07) is 15.1. The highest BCUT2D eigenvalue weighted by molar-refractivity contribution is 5.39. The lowest BCUT2D eigenvalue weighted by Gasteiger charge is -2.07. The second-order valence-corrected chi connectivity index (χ2v) is 3.73. The van der Waals surface area contributed by atoms with Crippen LogP contribution in [0.4, 0.5) is 5.82 Å². The lowest BCUT2D eigenvalue weighted by Crippen LogP contribution is -2.01. The smallest absolute Gasteiger partial charge is 0.214 e. The van der Waals surface area contributed by atoms with Gasteiger partial charge in [-0.05, 0) is 23.8 Å². The number of aromatic nitrogens is 1. The van der Waals surface area contributed by atoms with E-state index in [4.69, 9.17) is 10.00 Å². The van der Waals surface area contributed by atoms with E-state index in [2.05, 4.69) is 16.4 Å². The van der Waals surface area contributed by atoms with E-state index in [9.17, 15) is 0 Å². The van der Waals surface area contributed by atoms with E-state index in [1.54, 1.807) is 25.3 Å². The van der Waals surface area contributed by atoms with Crippen LogP contribution in [0.3, 0.4) is 0 Å². The Balaban J connectivity index is 2.00. The fourth-order valence-corrected chi connectivity index (χ4v) is 1.52. The molecule has 1 aromatic heterocycles. The van der Waals surface area contributed by atoms with E-state index in [0.717, 1.165) is 11.4 Å². The highest BCUT2D eigenvalue weighted by Gasteiger charge is 1.98. The van der Waals surface area contributed by atoms with Crippen LogP contribution in [0.25, 0.3) is 0 Å². The van der Waals surface area contributed by atoms with Crippen molar-refractivity contribution >= 4 is 5.82 Å². The Morgan fingerprint density at radius 3 is 2.67 bits per heavy atom. The van der Waals surface area contributed by atoms with Crippen molar-refractivity contribution in [3.8, 4) is 11.9 Å². The van der Waals surface area contributed by atoms with Crippen LogP contribution < -0.4 is 10.1 Å². The van der Waals surface area contributed by atoms with Crippen LogP contribution >= 0.6 is 0 Å². The minimum atomic E-state index is 0.583. The molecule has 4 heteroatoms. The summed E-state index contributed by atoms with van der Waals surface area (Å²) >= 11 is 0. The van der Waals surface area contributed by atoms with Crippen LogP contribution in [0.5, 0.6) is 5.88 Å². The molecule has 0 unspecified atom stereocenters. The maximum atomic E-state index is 8.70. The van der Waals surface area contributed by atoms with Gasteiger partial charge in [0.1, 0.15) is 5.82 Å². The average molecular weight is 239 g/mol. The third-order valence-electron chi connectivity index (χ3n) is 2.49. The molecule has 0 saturated heterocycles. The van der Waals surface area contributed by atoms with Gasteiger partial charge in [-0.3, -0.25) is 0 Å². The fraction of sp³-hybridized carbons (Fsp3) is 0.143. The molecule has 0 saturated carbocycles. The normalized spacial score (nSPS) is 9.56. The number of hydrogen-bond acceptors (Lipinski definition) is 4. The monoisotopic (exact) mass is 239 g/mol. The van der Waals surface area contributed by atoms with Gasteiger partial charge >= 0.3 is 0 Å². The van der Waals surface area contributed by atoms with Crippen LogP contribution in [0, 0.1) is 11.3 Å². The minimum absolute atomic E-state index is 0.583. The van der Waals surface area contributed by atoms with Crippen LogP contribution in [-0.4, -0.2) is 12.1 Å². The molecule has 1 heterocycles. The van der Waals surface area contributed by atoms with Gasteiger partial charge in [0.2, 0.25) is 5.88 Å². The molecule has 18 heavy (non-hydrogen) atoms. The van der Waals surface area contributed by atoms with E-state index >= 15 is 0 Å². The van der Waals surface area contributed by atoms with Crippen molar-refractivity contribution in [1.29, 1.82) is 5.26 Å². The Bertz CT molecular complexity index is 558. The molecule has 90 valence electrons. The lowest BCUT2D eigenvalue weighted by molar-refractivity contribution is 0.398. The highest BCUT2D eigenvalue weighted by Crippen LogP contribution is 2.12. The Morgan fingerprint density at radius 1 is 1.22 bits per heavy atom. The standard InChI is InChI=1S/C14H13N3O/c1-18-14-4-2-3-13(17-14)16-10-12-7-5-11(9-15)6-8-12/h2-8H,10H2,1H3,(H,16,17). The number of ether oxygens (including phenoxy) is 1. The number of pyridine rings is 1. The number of methoxy groups -OCH3 is 1. The van der Waals surface area contributed by atoms with Gasteiger partial charge in [0.05, 0.1) is 18.7 Å². The van der Waals surface area contributed by atoms with Crippen molar-refractivity contribution in [2.45, 2.75) is 6.54 Å². The summed E-state index contributed by atoms with van der Waals surface area (Å²) in [4.78, 5) is 4.25. The highest BCUT2D eigenvalue weighted by atomic mass is 16.5. The molecular weight excluding hydrogens is 226 g/mol. The first kappa shape index (κ1) is 11.9. The number of hydrogen-bond donors (Lipinski definition) is 1. The maximum Gasteiger partial charge on any atom is 0.214 e. The first-order valence-corrected chi connectivity index (χ1v) is 5.56. The molecule has 0 aliphatic rings. The topological polar surface area (TPSA) is 57.9 Å². The van der Waals surface area contributed by atoms with Gasteiger partial charge in [-0.1, -0.05) is 18.2 Å². The SMILES string of the molecule is COc1cccc(NCc2ccc(C#N)cc2)n1. The summed E-state index contributed by atoms with van der Waals surface area (Å²) in [6.45, 7) is 0.659. The molecule has 0 spiro atoms. The Kier molecular flexibility index (Phi) is 3.77. The predicted octanol–water partition coefficient (Wildman–Crippen LogP) is 2.57. The van der Waals surface area contributed by atoms with Gasteiger partial charge < -0.3 is 10.1 Å². The third kappa shape index (κ3) is 2.98. The molecule has 4 nitrogen and oxygen atoms in total. The van der Waals surface area contributed by atoms with Gasteiger partial charge in [0.25, 0.3) is 0 Å². The zero-order valence-corrected chi connectivity index (χ0v) is 10.1. The summed E-state index contributed by atoms with van der Waals surface area (Å²) in [5, 5.41) is 11.9. The molecule has 1 N–H and O–H groups in total. The van der Waals surface area contributed by atoms with Crippen molar-refractivity contribution in [3.63, 3.8) is 0 Å². The molecule has 1 aromatic carbocycles. The summed E-state index contributed by atoms with van der Waals surface area (Å²) < 4.78 is 5.05. The molecule has 0 aliphatic carbocycles. The van der Waals surface area contributed by atoms with E-state index in [-0.39, 0.29) is 0 Å². The minimum Gasteiger partial charge on any atom is -0.481 e. The number of benzene rings is 1. The second-order valence-electron chi connectivity index (χ2n) is 3.73. The van der Waals surface area contributed by atoms with Gasteiger partial charge in [-0.15, -0.1) is 0 Å². The predicted molar refractivity (Wildman–Crippen MR) is 69.3 cm³/mol. The number of rotatable bonds is 4. The van der Waals surface area contributed by atoms with E-state index in [1.807, 2.05) is 24.3 Å². The van der Waals surface area contributed by atoms with Crippen LogP contribution in [0.15, 0.2) is 42.5 Å². The van der Waals surface area contributed by atoms with Crippen molar-refractivity contribution in [3.05, 3.63) is 53.6 Å². The Labute approximate surface area is 106 Å². The Hall–Kier alpha value is -2.54. The van der Waals surface area contributed by atoms with E-state index in [0.29, 0.717) is 18.0 Å². The Morgan fingerprint density at radius 2 is 2.00 bits per heavy atom. The molecule has 0 atom stereocenters. The quantitative estimate of drug-likeness (QED) is 0.890. The third-order valence-corrected chi connectivity index (χ3v) is 2.49. The van der Waals surface area contributed by atoms with E-state index < -0.39 is 0 Å². The lowest BCUT2D eigenvalue weighted by atomic mass is 10.1. The van der Waals surface area contributed by atoms with Crippen molar-refractivity contribution in [2.24, 2.45) is 0 Å². The molecule has 0 amide bonds. The van der Waals surface area contributed by atoms with Crippen LogP contribution in [0.2, 0.25) is 0 Å². The van der Waals surface area contributed by atoms with Gasteiger partial charge in [0.15, 0.2) is 0 Å². The van der Waals surface area contributed by atoms with Gasteiger partial charge in [-0.2, -0.15) is 10.2 Å². The first-order chi connectivity index (χ1) is 8.81. The second kappa shape index (κ2) is 5.69. The maximum absolute atomic E-state index is 8.70. The van der Waals surface area contributed by atoms with Gasteiger partial charge in [0, 0.05) is 12.6 Å². The molecule has 0 aliphatic heterocycles. The van der Waals surface area contributed by atoms with Crippen molar-refractivity contribution < 1.29 is 4.74 Å². The largest absolute Gasteiger partial charge is 0.481 e. The molecule has 2 aromatic rings. The van der Waals surface area contributed by atoms with E-state index in [1.165, 1.54) is 0 Å². The number of nitriles is 1. The van der Waals surface area contributed by atoms with Gasteiger partial charge in [-0.25, -0.2) is 0 Å². The molecular formula is C14H13N3O. The first-order valence-electron chi connectivity index (χ1n) is 5.56. The van der Waals surface area contributed by atoms with Crippen LogP contribution in [0.1, 0.15) is 11.1 Å². The summed E-state index contributed by atoms with van der Waals surface area (Å²) in [5.41, 5.74) is 1.76. The number of nitrogens with zero attached hydrogens (tertiary/aromatic N) is 2. The summed E-state index contributed by atoms with van der Waals surface area (Å²) in [7, 11) is 1.59. The summed E-state index contributed by atoms with van der Waals surface area (Å²) in [5.74, 6) is 1.35. The average Bonchev–Trinajstić information content (AvgIpc) is 2.46. The van der Waals surface area contributed by atoms with Crippen molar-refractivity contribution in [2.75, 3.05) is 12.4 Å². The molecule has 0 radical (unpaired) electrons. The summed E-state index contributed by atoms with van der Waals surface area (Å²) in [6.07, 6.45) is 0. The molecule has 0 bridgehead atoms. The molecule has 2 rings (SSSR count). The fourth-order valence-electron chi connectivity index (χ4n) is 1.52. The molecule has 0 fully saturated rings. The zero-order chi connectivity index (χ0) is 12.8. The number of anilines is 1. The van der Waals surface area contributed by atoms with Crippen molar-refractivity contribution in [1.82, 2.24) is 4.98 Å². The van der Waals surface area contributed by atoms with Crippen LogP contribution in [-0.2, 0) is 6.54 Å².